The smallest absolute Gasteiger partial charge is 0.390 e. The molecule has 0 atom stereocenters. The zero-order chi connectivity index (χ0) is 18.2. The fraction of sp³-hybridized carbons (Fsp3) is 0.500. The molecule has 0 aliphatic carbocycles. The van der Waals surface area contributed by atoms with Crippen LogP contribution < -0.4 is 11.2 Å². The van der Waals surface area contributed by atoms with Crippen LogP contribution in [-0.2, 0) is 6.54 Å². The quantitative estimate of drug-likeness (QED) is 0.516. The predicted octanol–water partition coefficient (Wildman–Crippen LogP) is 2.87. The summed E-state index contributed by atoms with van der Waals surface area (Å²) < 4.78 is 39.7. The number of nitrogens with zero attached hydrogens (tertiary/aromatic N) is 3. The molecule has 0 amide bonds. The van der Waals surface area contributed by atoms with Gasteiger partial charge < -0.3 is 5.21 Å². The number of halogens is 3. The lowest BCUT2D eigenvalue weighted by Crippen LogP contribution is -2.41. The van der Waals surface area contributed by atoms with Gasteiger partial charge in [0.1, 0.15) is 4.83 Å². The van der Waals surface area contributed by atoms with Crippen molar-refractivity contribution >= 4 is 27.8 Å². The summed E-state index contributed by atoms with van der Waals surface area (Å²) in [5.74, 6) is 0. The summed E-state index contributed by atoms with van der Waals surface area (Å²) in [6.45, 7) is 4.24. The molecule has 0 radical (unpaired) electrons. The fourth-order valence-corrected chi connectivity index (χ4v) is 3.63. The molecule has 0 fully saturated rings. The van der Waals surface area contributed by atoms with Gasteiger partial charge in [0.15, 0.2) is 0 Å². The molecule has 2 aromatic rings. The lowest BCUT2D eigenvalue weighted by molar-refractivity contribution is -0.136. The first-order valence-electron chi connectivity index (χ1n) is 7.11. The Bertz CT molecular complexity index is 906. The van der Waals surface area contributed by atoms with E-state index in [1.54, 1.807) is 20.8 Å². The molecule has 0 unspecified atom stereocenters. The second-order valence-electron chi connectivity index (χ2n) is 5.58. The van der Waals surface area contributed by atoms with Crippen molar-refractivity contribution < 1.29 is 18.4 Å². The summed E-state index contributed by atoms with van der Waals surface area (Å²) in [5.41, 5.74) is -0.868. The minimum Gasteiger partial charge on any atom is -0.411 e. The second-order valence-corrected chi connectivity index (χ2v) is 6.61. The number of aryl methyl sites for hydroxylation is 2. The third kappa shape index (κ3) is 3.23. The monoisotopic (exact) mass is 363 g/mol. The molecule has 132 valence electrons. The lowest BCUT2D eigenvalue weighted by atomic mass is 10.2. The molecule has 0 bridgehead atoms. The van der Waals surface area contributed by atoms with Crippen LogP contribution in [0.1, 0.15) is 36.8 Å². The van der Waals surface area contributed by atoms with Crippen LogP contribution in [-0.4, -0.2) is 26.7 Å². The Balaban J connectivity index is 2.86. The first-order chi connectivity index (χ1) is 11.1. The zero-order valence-corrected chi connectivity index (χ0v) is 14.0. The van der Waals surface area contributed by atoms with E-state index < -0.39 is 36.4 Å². The Morgan fingerprint density at radius 3 is 2.46 bits per heavy atom. The minimum absolute atomic E-state index is 0.151. The van der Waals surface area contributed by atoms with Gasteiger partial charge in [-0.15, -0.1) is 11.3 Å². The molecule has 2 heterocycles. The van der Waals surface area contributed by atoms with Gasteiger partial charge in [-0.1, -0.05) is 5.16 Å². The Kier molecular flexibility index (Phi) is 4.88. The highest BCUT2D eigenvalue weighted by Gasteiger charge is 2.28. The van der Waals surface area contributed by atoms with Crippen LogP contribution in [0.4, 0.5) is 13.2 Å². The van der Waals surface area contributed by atoms with E-state index >= 15 is 0 Å². The van der Waals surface area contributed by atoms with Crippen molar-refractivity contribution in [1.82, 2.24) is 9.13 Å². The van der Waals surface area contributed by atoms with Gasteiger partial charge >= 0.3 is 11.9 Å². The van der Waals surface area contributed by atoms with E-state index in [2.05, 4.69) is 5.16 Å². The topological polar surface area (TPSA) is 76.6 Å². The first-order valence-corrected chi connectivity index (χ1v) is 7.92. The van der Waals surface area contributed by atoms with Crippen molar-refractivity contribution in [3.63, 3.8) is 0 Å². The molecule has 0 saturated carbocycles. The van der Waals surface area contributed by atoms with E-state index in [-0.39, 0.29) is 10.2 Å². The number of rotatable bonds is 4. The van der Waals surface area contributed by atoms with Crippen molar-refractivity contribution in [3.8, 4) is 0 Å². The maximum atomic E-state index is 12.6. The van der Waals surface area contributed by atoms with Crippen LogP contribution in [0.25, 0.3) is 10.2 Å². The summed E-state index contributed by atoms with van der Waals surface area (Å²) in [4.78, 5) is 25.7. The van der Waals surface area contributed by atoms with Gasteiger partial charge in [-0.05, 0) is 26.3 Å². The van der Waals surface area contributed by atoms with Crippen molar-refractivity contribution in [2.75, 3.05) is 0 Å². The molecule has 1 N–H and O–H groups in total. The highest BCUT2D eigenvalue weighted by molar-refractivity contribution is 7.20. The van der Waals surface area contributed by atoms with Gasteiger partial charge in [-0.2, -0.15) is 13.2 Å². The summed E-state index contributed by atoms with van der Waals surface area (Å²) in [6, 6.07) is -0.499. The number of thiophene rings is 1. The van der Waals surface area contributed by atoms with Crippen LogP contribution in [0, 0.1) is 6.92 Å². The Morgan fingerprint density at radius 1 is 1.33 bits per heavy atom. The number of alkyl halides is 3. The Morgan fingerprint density at radius 2 is 1.96 bits per heavy atom. The molecule has 6 nitrogen and oxygen atoms in total. The van der Waals surface area contributed by atoms with E-state index in [9.17, 15) is 22.8 Å². The van der Waals surface area contributed by atoms with Crippen LogP contribution in [0.15, 0.2) is 14.7 Å². The summed E-state index contributed by atoms with van der Waals surface area (Å²) in [7, 11) is 0. The summed E-state index contributed by atoms with van der Waals surface area (Å²) in [5, 5.41) is 11.8. The molecule has 0 aliphatic rings. The van der Waals surface area contributed by atoms with Gasteiger partial charge in [0, 0.05) is 12.6 Å². The van der Waals surface area contributed by atoms with Crippen LogP contribution in [0.5, 0.6) is 0 Å². The number of hydrogen-bond acceptors (Lipinski definition) is 5. The molecular weight excluding hydrogens is 347 g/mol. The highest BCUT2D eigenvalue weighted by Crippen LogP contribution is 2.28. The third-order valence-electron chi connectivity index (χ3n) is 3.59. The van der Waals surface area contributed by atoms with Crippen molar-refractivity contribution in [3.05, 3.63) is 31.3 Å². The zero-order valence-electron chi connectivity index (χ0n) is 13.2. The molecule has 0 saturated heterocycles. The van der Waals surface area contributed by atoms with E-state index in [1.165, 1.54) is 0 Å². The molecule has 10 heteroatoms. The van der Waals surface area contributed by atoms with Gasteiger partial charge in [-0.25, -0.2) is 4.79 Å². The number of aromatic nitrogens is 2. The van der Waals surface area contributed by atoms with Gasteiger partial charge in [0.2, 0.25) is 0 Å². The fourth-order valence-electron chi connectivity index (χ4n) is 2.45. The van der Waals surface area contributed by atoms with Gasteiger partial charge in [0.05, 0.1) is 22.9 Å². The first kappa shape index (κ1) is 18.2. The molecule has 2 rings (SSSR count). The van der Waals surface area contributed by atoms with Gasteiger partial charge in [0.25, 0.3) is 5.56 Å². The SMILES string of the molecule is Cc1c(C=NO)sc2c1c(=O)n(C(C)C)c(=O)n2CCC(F)(F)F. The third-order valence-corrected chi connectivity index (χ3v) is 4.84. The molecule has 0 aromatic carbocycles. The summed E-state index contributed by atoms with van der Waals surface area (Å²) in [6.07, 6.45) is -4.51. The molecular formula is C14H16F3N3O3S. The van der Waals surface area contributed by atoms with E-state index in [0.717, 1.165) is 26.7 Å². The van der Waals surface area contributed by atoms with Crippen LogP contribution in [0.2, 0.25) is 0 Å². The maximum absolute atomic E-state index is 12.6. The molecule has 24 heavy (non-hydrogen) atoms. The number of oxime groups is 1. The van der Waals surface area contributed by atoms with E-state index in [4.69, 9.17) is 5.21 Å². The largest absolute Gasteiger partial charge is 0.411 e. The normalized spacial score (nSPS) is 12.8. The molecule has 2 aromatic heterocycles. The van der Waals surface area contributed by atoms with E-state index in [0.29, 0.717) is 10.4 Å². The van der Waals surface area contributed by atoms with Crippen molar-refractivity contribution in [1.29, 1.82) is 0 Å². The highest BCUT2D eigenvalue weighted by atomic mass is 32.1. The van der Waals surface area contributed by atoms with Crippen LogP contribution >= 0.6 is 11.3 Å². The number of fused-ring (bicyclic) bond motifs is 1. The average Bonchev–Trinajstić information content (AvgIpc) is 2.75. The van der Waals surface area contributed by atoms with Crippen molar-refractivity contribution in [2.45, 2.75) is 46.0 Å². The standard InChI is InChI=1S/C14H16F3N3O3S/c1-7(2)20-11(21)10-8(3)9(6-18-23)24-12(10)19(13(20)22)5-4-14(15,16)17/h6-7,23H,4-5H2,1-3H3. The lowest BCUT2D eigenvalue weighted by Gasteiger charge is -2.15. The van der Waals surface area contributed by atoms with Crippen molar-refractivity contribution in [2.24, 2.45) is 5.16 Å². The average molecular weight is 363 g/mol. The Hall–Kier alpha value is -2.10. The summed E-state index contributed by atoms with van der Waals surface area (Å²) >= 11 is 0.947. The van der Waals surface area contributed by atoms with E-state index in [1.807, 2.05) is 0 Å². The maximum Gasteiger partial charge on any atom is 0.390 e. The molecule has 0 aliphatic heterocycles. The Labute approximate surface area is 138 Å². The predicted molar refractivity (Wildman–Crippen MR) is 85.5 cm³/mol. The minimum atomic E-state index is -4.42. The van der Waals surface area contributed by atoms with Crippen LogP contribution in [0.3, 0.4) is 0 Å². The van der Waals surface area contributed by atoms with Gasteiger partial charge in [-0.3, -0.25) is 13.9 Å². The number of hydrogen-bond donors (Lipinski definition) is 1. The second kappa shape index (κ2) is 6.42. The molecule has 0 spiro atoms.